The van der Waals surface area contributed by atoms with E-state index in [1.165, 1.54) is 23.0 Å². The van der Waals surface area contributed by atoms with Crippen LogP contribution in [0.3, 0.4) is 0 Å². The average molecular weight is 483 g/mol. The van der Waals surface area contributed by atoms with Crippen LogP contribution in [0.25, 0.3) is 11.0 Å². The number of amides is 1. The Bertz CT molecular complexity index is 1310. The van der Waals surface area contributed by atoms with Crippen molar-refractivity contribution in [2.75, 3.05) is 10.6 Å². The molecule has 0 spiro atoms. The van der Waals surface area contributed by atoms with Gasteiger partial charge in [-0.15, -0.1) is 0 Å². The second kappa shape index (κ2) is 8.43. The molecule has 0 radical (unpaired) electrons. The fourth-order valence-electron chi connectivity index (χ4n) is 3.25. The average Bonchev–Trinajstić information content (AvgIpc) is 3.07. The van der Waals surface area contributed by atoms with Crippen LogP contribution in [0.1, 0.15) is 22.5 Å². The van der Waals surface area contributed by atoms with Crippen molar-refractivity contribution in [3.8, 4) is 0 Å². The highest BCUT2D eigenvalue weighted by Crippen LogP contribution is 2.36. The first-order chi connectivity index (χ1) is 15.9. The monoisotopic (exact) mass is 483 g/mol. The molecule has 3 aromatic rings. The Morgan fingerprint density at radius 1 is 1.15 bits per heavy atom. The van der Waals surface area contributed by atoms with Crippen LogP contribution in [0.4, 0.5) is 38.1 Å². The number of hydrogen-bond donors (Lipinski definition) is 2. The lowest BCUT2D eigenvalue weighted by Gasteiger charge is -2.24. The van der Waals surface area contributed by atoms with Crippen LogP contribution in [0.5, 0.6) is 0 Å². The number of alkyl halides is 6. The van der Waals surface area contributed by atoms with E-state index in [1.54, 1.807) is 7.05 Å². The molecule has 1 unspecified atom stereocenters. The zero-order valence-corrected chi connectivity index (χ0v) is 17.2. The lowest BCUT2D eigenvalue weighted by atomic mass is 10.0. The minimum Gasteiger partial charge on any atom is -0.327 e. The molecule has 0 saturated carbocycles. The summed E-state index contributed by atoms with van der Waals surface area (Å²) in [6.07, 6.45) is -4.99. The van der Waals surface area contributed by atoms with Gasteiger partial charge in [0.05, 0.1) is 22.8 Å². The summed E-state index contributed by atoms with van der Waals surface area (Å²) in [4.78, 5) is 28.2. The Balaban J connectivity index is 1.58. The molecule has 8 nitrogen and oxygen atoms in total. The molecule has 4 heterocycles. The van der Waals surface area contributed by atoms with Crippen LogP contribution < -0.4 is 10.6 Å². The second-order valence-corrected chi connectivity index (χ2v) is 7.31. The third-order valence-electron chi connectivity index (χ3n) is 5.02. The standard InChI is InChI=1S/C20H15F6N7O/c1-33-15-9-29-13(17(34)32-16-6-10(2-5-28-16)19(21,22)23)7-12(15)30-18(33)31-14-8-27-4-3-11(14)20(24,25)26/h2,4-9,11H,3H2,1H3,(H,30,31)(H,28,32,34). The SMILES string of the molecule is Cn1c(NC2=CN=CCC2C(F)(F)F)nc2cc(C(=O)Nc3cc(C(F)(F)F)ccn3)ncc21. The van der Waals surface area contributed by atoms with Crippen molar-refractivity contribution in [3.63, 3.8) is 0 Å². The molecule has 1 aliphatic rings. The van der Waals surface area contributed by atoms with E-state index < -0.39 is 29.7 Å². The summed E-state index contributed by atoms with van der Waals surface area (Å²) in [7, 11) is 1.54. The highest BCUT2D eigenvalue weighted by molar-refractivity contribution is 6.04. The third kappa shape index (κ3) is 4.70. The van der Waals surface area contributed by atoms with Crippen LogP contribution in [0.2, 0.25) is 0 Å². The first-order valence-corrected chi connectivity index (χ1v) is 9.66. The van der Waals surface area contributed by atoms with Gasteiger partial charge in [-0.1, -0.05) is 0 Å². The van der Waals surface area contributed by atoms with Crippen molar-refractivity contribution >= 4 is 34.9 Å². The molecule has 14 heteroatoms. The second-order valence-electron chi connectivity index (χ2n) is 7.31. The van der Waals surface area contributed by atoms with Gasteiger partial charge < -0.3 is 15.2 Å². The van der Waals surface area contributed by atoms with Crippen LogP contribution in [-0.4, -0.2) is 37.8 Å². The van der Waals surface area contributed by atoms with Gasteiger partial charge in [0.2, 0.25) is 5.95 Å². The minimum atomic E-state index is -4.61. The molecule has 1 amide bonds. The molecule has 3 aromatic heterocycles. The molecule has 0 fully saturated rings. The molecule has 1 atom stereocenters. The highest BCUT2D eigenvalue weighted by atomic mass is 19.4. The number of nitrogens with one attached hydrogen (secondary N) is 2. The Kier molecular flexibility index (Phi) is 5.75. The van der Waals surface area contributed by atoms with Crippen molar-refractivity contribution in [2.45, 2.75) is 18.8 Å². The number of aryl methyl sites for hydroxylation is 1. The number of nitrogens with zero attached hydrogens (tertiary/aromatic N) is 5. The molecule has 0 aromatic carbocycles. The van der Waals surface area contributed by atoms with Crippen molar-refractivity contribution in [2.24, 2.45) is 18.0 Å². The van der Waals surface area contributed by atoms with Gasteiger partial charge in [-0.3, -0.25) is 9.79 Å². The molecule has 0 aliphatic carbocycles. The van der Waals surface area contributed by atoms with Crippen LogP contribution >= 0.6 is 0 Å². The number of carbonyl (C=O) groups is 1. The van der Waals surface area contributed by atoms with Gasteiger partial charge in [-0.2, -0.15) is 26.3 Å². The largest absolute Gasteiger partial charge is 0.416 e. The summed E-state index contributed by atoms with van der Waals surface area (Å²) in [6, 6.07) is 2.70. The van der Waals surface area contributed by atoms with Gasteiger partial charge in [0.25, 0.3) is 5.91 Å². The fraction of sp³-hybridized carbons (Fsp3) is 0.250. The Morgan fingerprint density at radius 2 is 1.91 bits per heavy atom. The Morgan fingerprint density at radius 3 is 2.62 bits per heavy atom. The zero-order chi connectivity index (χ0) is 24.7. The lowest BCUT2D eigenvalue weighted by Crippen LogP contribution is -2.30. The molecular weight excluding hydrogens is 468 g/mol. The topological polar surface area (TPSA) is 97.1 Å². The van der Waals surface area contributed by atoms with E-state index in [0.29, 0.717) is 11.6 Å². The Labute approximate surface area is 187 Å². The normalized spacial score (nSPS) is 16.4. The van der Waals surface area contributed by atoms with Gasteiger partial charge >= 0.3 is 12.4 Å². The lowest BCUT2D eigenvalue weighted by molar-refractivity contribution is -0.161. The maximum absolute atomic E-state index is 13.3. The highest BCUT2D eigenvalue weighted by Gasteiger charge is 2.42. The fourth-order valence-corrected chi connectivity index (χ4v) is 3.25. The summed E-state index contributed by atoms with van der Waals surface area (Å²) in [5.41, 5.74) is -0.716. The van der Waals surface area contributed by atoms with E-state index in [1.807, 2.05) is 0 Å². The number of rotatable bonds is 4. The number of anilines is 2. The maximum Gasteiger partial charge on any atom is 0.416 e. The van der Waals surface area contributed by atoms with E-state index in [2.05, 4.69) is 30.6 Å². The van der Waals surface area contributed by atoms with E-state index in [9.17, 15) is 31.1 Å². The predicted octanol–water partition coefficient (Wildman–Crippen LogP) is 4.54. The van der Waals surface area contributed by atoms with Gasteiger partial charge in [0.15, 0.2) is 0 Å². The first-order valence-electron chi connectivity index (χ1n) is 9.66. The number of fused-ring (bicyclic) bond motifs is 1. The quantitative estimate of drug-likeness (QED) is 0.531. The molecule has 1 aliphatic heterocycles. The number of halogens is 6. The molecule has 0 bridgehead atoms. The molecule has 0 saturated heterocycles. The van der Waals surface area contributed by atoms with E-state index in [4.69, 9.17) is 0 Å². The molecule has 4 rings (SSSR count). The van der Waals surface area contributed by atoms with Crippen LogP contribution in [0.15, 0.2) is 47.5 Å². The number of imidazole rings is 1. The number of allylic oxidation sites excluding steroid dienone is 1. The number of carbonyl (C=O) groups excluding carboxylic acids is 1. The van der Waals surface area contributed by atoms with Crippen LogP contribution in [0, 0.1) is 5.92 Å². The van der Waals surface area contributed by atoms with E-state index in [0.717, 1.165) is 18.5 Å². The van der Waals surface area contributed by atoms with Crippen molar-refractivity contribution < 1.29 is 31.1 Å². The first kappa shape index (κ1) is 23.2. The Hall–Kier alpha value is -3.97. The van der Waals surface area contributed by atoms with E-state index >= 15 is 0 Å². The van der Waals surface area contributed by atoms with Crippen molar-refractivity contribution in [3.05, 3.63) is 53.7 Å². The van der Waals surface area contributed by atoms with Gasteiger partial charge in [0, 0.05) is 31.4 Å². The molecular formula is C20H15F6N7O. The van der Waals surface area contributed by atoms with Gasteiger partial charge in [0.1, 0.15) is 17.4 Å². The summed E-state index contributed by atoms with van der Waals surface area (Å²) in [5, 5.41) is 4.87. The number of aliphatic imine (C=N–C) groups is 1. The summed E-state index contributed by atoms with van der Waals surface area (Å²) in [6.45, 7) is 0. The molecule has 178 valence electrons. The number of pyridine rings is 2. The number of aromatic nitrogens is 4. The number of hydrogen-bond acceptors (Lipinski definition) is 6. The third-order valence-corrected chi connectivity index (χ3v) is 5.02. The maximum atomic E-state index is 13.3. The van der Waals surface area contributed by atoms with Crippen LogP contribution in [-0.2, 0) is 13.2 Å². The van der Waals surface area contributed by atoms with E-state index in [-0.39, 0.29) is 35.1 Å². The van der Waals surface area contributed by atoms with Gasteiger partial charge in [-0.05, 0) is 24.6 Å². The van der Waals surface area contributed by atoms with Crippen molar-refractivity contribution in [1.82, 2.24) is 19.5 Å². The summed E-state index contributed by atoms with van der Waals surface area (Å²) in [5.74, 6) is -2.88. The minimum absolute atomic E-state index is 0.0616. The molecule has 34 heavy (non-hydrogen) atoms. The van der Waals surface area contributed by atoms with Gasteiger partial charge in [-0.25, -0.2) is 15.0 Å². The summed E-state index contributed by atoms with van der Waals surface area (Å²) < 4.78 is 80.0. The molecule has 2 N–H and O–H groups in total. The smallest absolute Gasteiger partial charge is 0.327 e. The summed E-state index contributed by atoms with van der Waals surface area (Å²) >= 11 is 0. The zero-order valence-electron chi connectivity index (χ0n) is 17.2. The predicted molar refractivity (Wildman–Crippen MR) is 110 cm³/mol. The van der Waals surface area contributed by atoms with Crippen molar-refractivity contribution in [1.29, 1.82) is 0 Å².